The van der Waals surface area contributed by atoms with Gasteiger partial charge in [-0.3, -0.25) is 4.79 Å². The molecule has 0 aliphatic rings. The number of amides is 1. The molecule has 0 saturated carbocycles. The highest BCUT2D eigenvalue weighted by Crippen LogP contribution is 2.24. The average Bonchev–Trinajstić information content (AvgIpc) is 2.77. The highest BCUT2D eigenvalue weighted by Gasteiger charge is 2.14. The summed E-state index contributed by atoms with van der Waals surface area (Å²) in [6.07, 6.45) is 1.46. The van der Waals surface area contributed by atoms with Crippen LogP contribution in [0.5, 0.6) is 0 Å². The molecule has 1 amide bonds. The lowest BCUT2D eigenvalue weighted by atomic mass is 10.2. The van der Waals surface area contributed by atoms with Crippen LogP contribution in [0.4, 0.5) is 10.1 Å². The zero-order chi connectivity index (χ0) is 15.0. The molecule has 4 nitrogen and oxygen atoms in total. The van der Waals surface area contributed by atoms with Crippen molar-refractivity contribution in [1.29, 1.82) is 0 Å². The fraction of sp³-hybridized carbons (Fsp3) is 0.133. The molecule has 1 N–H and O–H groups in total. The SMILES string of the molecule is Cc1cnc(C(=O)Nc2ccc3sc(C)nc3c2)c(F)c1. The number of nitrogens with one attached hydrogen (secondary N) is 1. The van der Waals surface area contributed by atoms with Gasteiger partial charge in [0.05, 0.1) is 15.2 Å². The third-order valence-electron chi connectivity index (χ3n) is 2.95. The van der Waals surface area contributed by atoms with E-state index in [1.165, 1.54) is 12.3 Å². The Bertz CT molecular complexity index is 844. The van der Waals surface area contributed by atoms with Gasteiger partial charge in [0.2, 0.25) is 0 Å². The number of carbonyl (C=O) groups excluding carboxylic acids is 1. The monoisotopic (exact) mass is 301 g/mol. The maximum absolute atomic E-state index is 13.7. The number of hydrogen-bond acceptors (Lipinski definition) is 4. The Morgan fingerprint density at radius 3 is 2.86 bits per heavy atom. The quantitative estimate of drug-likeness (QED) is 0.785. The lowest BCUT2D eigenvalue weighted by molar-refractivity contribution is 0.101. The second-order valence-electron chi connectivity index (χ2n) is 4.71. The molecule has 3 aromatic rings. The first kappa shape index (κ1) is 13.6. The van der Waals surface area contributed by atoms with Crippen LogP contribution in [0.3, 0.4) is 0 Å². The molecular formula is C15H12FN3OS. The smallest absolute Gasteiger partial charge is 0.277 e. The third-order valence-corrected chi connectivity index (χ3v) is 3.90. The Morgan fingerprint density at radius 1 is 1.29 bits per heavy atom. The summed E-state index contributed by atoms with van der Waals surface area (Å²) in [4.78, 5) is 20.3. The van der Waals surface area contributed by atoms with E-state index in [0.29, 0.717) is 11.3 Å². The molecule has 6 heteroatoms. The number of thiazole rings is 1. The third kappa shape index (κ3) is 2.75. The number of aryl methyl sites for hydroxylation is 2. The summed E-state index contributed by atoms with van der Waals surface area (Å²) in [5.41, 5.74) is 1.84. The summed E-state index contributed by atoms with van der Waals surface area (Å²) < 4.78 is 14.8. The zero-order valence-corrected chi connectivity index (χ0v) is 12.3. The summed E-state index contributed by atoms with van der Waals surface area (Å²) in [6.45, 7) is 3.64. The second kappa shape index (κ2) is 5.21. The second-order valence-corrected chi connectivity index (χ2v) is 5.95. The first-order valence-electron chi connectivity index (χ1n) is 6.33. The lowest BCUT2D eigenvalue weighted by Gasteiger charge is -2.05. The number of hydrogen-bond donors (Lipinski definition) is 1. The molecule has 2 aromatic heterocycles. The summed E-state index contributed by atoms with van der Waals surface area (Å²) in [6, 6.07) is 6.70. The fourth-order valence-corrected chi connectivity index (χ4v) is 2.82. The van der Waals surface area contributed by atoms with E-state index >= 15 is 0 Å². The molecule has 0 spiro atoms. The van der Waals surface area contributed by atoms with Crippen molar-refractivity contribution in [3.8, 4) is 0 Å². The van der Waals surface area contributed by atoms with Crippen LogP contribution in [0.2, 0.25) is 0 Å². The standard InChI is InChI=1S/C15H12FN3OS/c1-8-5-11(16)14(17-7-8)15(20)19-10-3-4-13-12(6-10)18-9(2)21-13/h3-7H,1-2H3,(H,19,20). The molecule has 106 valence electrons. The Kier molecular flexibility index (Phi) is 3.39. The van der Waals surface area contributed by atoms with Gasteiger partial charge in [0.15, 0.2) is 11.5 Å². The van der Waals surface area contributed by atoms with Crippen molar-refractivity contribution in [3.05, 3.63) is 52.5 Å². The Labute approximate surface area is 124 Å². The van der Waals surface area contributed by atoms with E-state index in [4.69, 9.17) is 0 Å². The number of benzene rings is 1. The number of aromatic nitrogens is 2. The normalized spacial score (nSPS) is 10.8. The minimum Gasteiger partial charge on any atom is -0.320 e. The van der Waals surface area contributed by atoms with Crippen LogP contribution in [0.1, 0.15) is 21.1 Å². The van der Waals surface area contributed by atoms with Crippen LogP contribution >= 0.6 is 11.3 Å². The van der Waals surface area contributed by atoms with E-state index in [1.54, 1.807) is 30.4 Å². The van der Waals surface area contributed by atoms with Gasteiger partial charge < -0.3 is 5.32 Å². The number of nitrogens with zero attached hydrogens (tertiary/aromatic N) is 2. The molecule has 2 heterocycles. The van der Waals surface area contributed by atoms with Gasteiger partial charge in [-0.15, -0.1) is 11.3 Å². The average molecular weight is 301 g/mol. The van der Waals surface area contributed by atoms with Crippen LogP contribution in [0, 0.1) is 19.7 Å². The molecule has 0 aliphatic heterocycles. The van der Waals surface area contributed by atoms with Crippen molar-refractivity contribution in [2.24, 2.45) is 0 Å². The first-order chi connectivity index (χ1) is 10.0. The van der Waals surface area contributed by atoms with Crippen LogP contribution in [0.25, 0.3) is 10.2 Å². The minimum atomic E-state index is -0.627. The topological polar surface area (TPSA) is 54.9 Å². The van der Waals surface area contributed by atoms with Crippen molar-refractivity contribution in [1.82, 2.24) is 9.97 Å². The molecule has 0 radical (unpaired) electrons. The number of rotatable bonds is 2. The van der Waals surface area contributed by atoms with Gasteiger partial charge in [0, 0.05) is 11.9 Å². The van der Waals surface area contributed by atoms with Gasteiger partial charge in [-0.1, -0.05) is 0 Å². The van der Waals surface area contributed by atoms with Gasteiger partial charge in [-0.05, 0) is 43.7 Å². The molecular weight excluding hydrogens is 289 g/mol. The van der Waals surface area contributed by atoms with Crippen molar-refractivity contribution >= 4 is 33.1 Å². The maximum atomic E-state index is 13.7. The van der Waals surface area contributed by atoms with E-state index in [1.807, 2.05) is 13.0 Å². The molecule has 0 bridgehead atoms. The van der Waals surface area contributed by atoms with E-state index in [2.05, 4.69) is 15.3 Å². The zero-order valence-electron chi connectivity index (χ0n) is 11.5. The Hall–Kier alpha value is -2.34. The summed E-state index contributed by atoms with van der Waals surface area (Å²) in [5.74, 6) is -1.20. The molecule has 1 aromatic carbocycles. The molecule has 21 heavy (non-hydrogen) atoms. The largest absolute Gasteiger partial charge is 0.320 e. The van der Waals surface area contributed by atoms with Crippen molar-refractivity contribution in [3.63, 3.8) is 0 Å². The first-order valence-corrected chi connectivity index (χ1v) is 7.15. The van der Waals surface area contributed by atoms with Crippen LogP contribution in [0.15, 0.2) is 30.5 Å². The lowest BCUT2D eigenvalue weighted by Crippen LogP contribution is -2.15. The fourth-order valence-electron chi connectivity index (χ4n) is 2.01. The molecule has 0 atom stereocenters. The van der Waals surface area contributed by atoms with Crippen molar-refractivity contribution in [2.75, 3.05) is 5.32 Å². The number of pyridine rings is 1. The summed E-state index contributed by atoms with van der Waals surface area (Å²) in [5, 5.41) is 3.60. The van der Waals surface area contributed by atoms with E-state index in [0.717, 1.165) is 15.2 Å². The van der Waals surface area contributed by atoms with Crippen LogP contribution in [-0.4, -0.2) is 15.9 Å². The molecule has 0 unspecified atom stereocenters. The number of halogens is 1. The van der Waals surface area contributed by atoms with Gasteiger partial charge in [0.25, 0.3) is 5.91 Å². The predicted molar refractivity (Wildman–Crippen MR) is 81.2 cm³/mol. The molecule has 0 aliphatic carbocycles. The maximum Gasteiger partial charge on any atom is 0.277 e. The van der Waals surface area contributed by atoms with E-state index < -0.39 is 11.7 Å². The Balaban J connectivity index is 1.88. The van der Waals surface area contributed by atoms with E-state index in [9.17, 15) is 9.18 Å². The molecule has 0 fully saturated rings. The van der Waals surface area contributed by atoms with Crippen LogP contribution in [-0.2, 0) is 0 Å². The van der Waals surface area contributed by atoms with Gasteiger partial charge in [-0.25, -0.2) is 14.4 Å². The number of fused-ring (bicyclic) bond motifs is 1. The molecule has 3 rings (SSSR count). The van der Waals surface area contributed by atoms with Crippen molar-refractivity contribution < 1.29 is 9.18 Å². The van der Waals surface area contributed by atoms with Gasteiger partial charge in [0.1, 0.15) is 0 Å². The summed E-state index contributed by atoms with van der Waals surface area (Å²) >= 11 is 1.58. The van der Waals surface area contributed by atoms with E-state index in [-0.39, 0.29) is 5.69 Å². The van der Waals surface area contributed by atoms with Gasteiger partial charge in [-0.2, -0.15) is 0 Å². The Morgan fingerprint density at radius 2 is 2.10 bits per heavy atom. The minimum absolute atomic E-state index is 0.213. The van der Waals surface area contributed by atoms with Crippen LogP contribution < -0.4 is 5.32 Å². The number of carbonyl (C=O) groups is 1. The summed E-state index contributed by atoms with van der Waals surface area (Å²) in [7, 11) is 0. The molecule has 0 saturated heterocycles. The van der Waals surface area contributed by atoms with Crippen molar-refractivity contribution in [2.45, 2.75) is 13.8 Å². The van der Waals surface area contributed by atoms with Gasteiger partial charge >= 0.3 is 0 Å². The highest BCUT2D eigenvalue weighted by molar-refractivity contribution is 7.18. The highest BCUT2D eigenvalue weighted by atomic mass is 32.1. The number of anilines is 1. The predicted octanol–water partition coefficient (Wildman–Crippen LogP) is 3.70.